The van der Waals surface area contributed by atoms with Crippen molar-refractivity contribution in [3.05, 3.63) is 12.2 Å². The van der Waals surface area contributed by atoms with E-state index in [-0.39, 0.29) is 5.91 Å². The monoisotopic (exact) mass is 198 g/mol. The molecule has 0 aliphatic heterocycles. The second kappa shape index (κ2) is 7.56. The Hall–Kier alpha value is -0.830. The Bertz CT molecular complexity index is 186. The van der Waals surface area contributed by atoms with Gasteiger partial charge in [-0.3, -0.25) is 9.69 Å². The number of nitrogens with one attached hydrogen (secondary N) is 1. The summed E-state index contributed by atoms with van der Waals surface area (Å²) >= 11 is 0. The molecule has 0 radical (unpaired) electrons. The normalized spacial score (nSPS) is 10.3. The Morgan fingerprint density at radius 3 is 2.29 bits per heavy atom. The number of hydrogen-bond acceptors (Lipinski definition) is 2. The largest absolute Gasteiger partial charge is 0.352 e. The topological polar surface area (TPSA) is 32.3 Å². The summed E-state index contributed by atoms with van der Waals surface area (Å²) in [5, 5.41) is 2.82. The Balaban J connectivity index is 3.87. The van der Waals surface area contributed by atoms with E-state index in [1.54, 1.807) is 0 Å². The van der Waals surface area contributed by atoms with Crippen LogP contribution in [0.1, 0.15) is 27.2 Å². The van der Waals surface area contributed by atoms with Crippen LogP contribution in [-0.4, -0.2) is 37.0 Å². The number of carbonyl (C=O) groups is 1. The van der Waals surface area contributed by atoms with Crippen LogP contribution in [-0.2, 0) is 4.79 Å². The lowest BCUT2D eigenvalue weighted by Gasteiger charge is -2.18. The van der Waals surface area contributed by atoms with Crippen LogP contribution in [0, 0.1) is 0 Å². The summed E-state index contributed by atoms with van der Waals surface area (Å²) in [6.45, 7) is 13.3. The zero-order valence-corrected chi connectivity index (χ0v) is 9.60. The molecule has 3 nitrogen and oxygen atoms in total. The molecule has 14 heavy (non-hydrogen) atoms. The molecule has 82 valence electrons. The SMILES string of the molecule is C=C(CN(CC)CC)C(=O)NCCC. The van der Waals surface area contributed by atoms with Crippen LogP contribution in [0.4, 0.5) is 0 Å². The first kappa shape index (κ1) is 13.2. The molecule has 0 atom stereocenters. The molecule has 0 unspecified atom stereocenters. The zero-order chi connectivity index (χ0) is 11.0. The molecule has 1 amide bonds. The molecular formula is C11H22N2O. The van der Waals surface area contributed by atoms with Crippen molar-refractivity contribution >= 4 is 5.91 Å². The Morgan fingerprint density at radius 2 is 1.86 bits per heavy atom. The van der Waals surface area contributed by atoms with Gasteiger partial charge in [-0.05, 0) is 19.5 Å². The Labute approximate surface area is 87.2 Å². The maximum atomic E-state index is 11.4. The van der Waals surface area contributed by atoms with E-state index in [1.807, 2.05) is 6.92 Å². The minimum atomic E-state index is -0.0150. The molecule has 0 fully saturated rings. The number of nitrogens with zero attached hydrogens (tertiary/aromatic N) is 1. The van der Waals surface area contributed by atoms with Gasteiger partial charge in [0.1, 0.15) is 0 Å². The molecule has 1 N–H and O–H groups in total. The van der Waals surface area contributed by atoms with Gasteiger partial charge in [0.2, 0.25) is 5.91 Å². The highest BCUT2D eigenvalue weighted by molar-refractivity contribution is 5.93. The van der Waals surface area contributed by atoms with Crippen molar-refractivity contribution in [1.29, 1.82) is 0 Å². The van der Waals surface area contributed by atoms with Crippen LogP contribution in [0.15, 0.2) is 12.2 Å². The molecule has 0 rings (SSSR count). The molecule has 0 bridgehead atoms. The molecule has 0 aromatic rings. The van der Waals surface area contributed by atoms with E-state index in [2.05, 4.69) is 30.6 Å². The third kappa shape index (κ3) is 5.02. The highest BCUT2D eigenvalue weighted by Gasteiger charge is 2.08. The summed E-state index contributed by atoms with van der Waals surface area (Å²) in [5.41, 5.74) is 0.655. The van der Waals surface area contributed by atoms with E-state index in [1.165, 1.54) is 0 Å². The fourth-order valence-corrected chi connectivity index (χ4v) is 1.15. The highest BCUT2D eigenvalue weighted by atomic mass is 16.1. The summed E-state index contributed by atoms with van der Waals surface area (Å²) < 4.78 is 0. The standard InChI is InChI=1S/C11H22N2O/c1-5-8-12-11(14)10(4)9-13(6-2)7-3/h4-9H2,1-3H3,(H,12,14). The predicted octanol–water partition coefficient (Wildman–Crippen LogP) is 1.41. The maximum absolute atomic E-state index is 11.4. The first-order chi connectivity index (χ1) is 6.65. The van der Waals surface area contributed by atoms with Gasteiger partial charge >= 0.3 is 0 Å². The molecule has 3 heteroatoms. The third-order valence-corrected chi connectivity index (χ3v) is 2.17. The lowest BCUT2D eigenvalue weighted by atomic mass is 10.2. The summed E-state index contributed by atoms with van der Waals surface area (Å²) in [5.74, 6) is -0.0150. The molecule has 0 aromatic heterocycles. The maximum Gasteiger partial charge on any atom is 0.247 e. The fourth-order valence-electron chi connectivity index (χ4n) is 1.15. The molecule has 0 saturated carbocycles. The van der Waals surface area contributed by atoms with Crippen LogP contribution >= 0.6 is 0 Å². The lowest BCUT2D eigenvalue weighted by molar-refractivity contribution is -0.117. The summed E-state index contributed by atoms with van der Waals surface area (Å²) in [6.07, 6.45) is 0.963. The number of rotatable bonds is 7. The quantitative estimate of drug-likeness (QED) is 0.627. The van der Waals surface area contributed by atoms with Crippen molar-refractivity contribution < 1.29 is 4.79 Å². The minimum absolute atomic E-state index is 0.0150. The van der Waals surface area contributed by atoms with Crippen LogP contribution in [0.25, 0.3) is 0 Å². The van der Waals surface area contributed by atoms with E-state index in [0.29, 0.717) is 12.1 Å². The summed E-state index contributed by atoms with van der Waals surface area (Å²) in [4.78, 5) is 13.6. The van der Waals surface area contributed by atoms with Crippen LogP contribution in [0.5, 0.6) is 0 Å². The van der Waals surface area contributed by atoms with E-state index in [9.17, 15) is 4.79 Å². The molecule has 0 aliphatic rings. The van der Waals surface area contributed by atoms with Gasteiger partial charge in [-0.2, -0.15) is 0 Å². The molecule has 0 aliphatic carbocycles. The Morgan fingerprint density at radius 1 is 1.29 bits per heavy atom. The highest BCUT2D eigenvalue weighted by Crippen LogP contribution is 1.96. The first-order valence-corrected chi connectivity index (χ1v) is 5.33. The number of hydrogen-bond donors (Lipinski definition) is 1. The fraction of sp³-hybridized carbons (Fsp3) is 0.727. The van der Waals surface area contributed by atoms with Gasteiger partial charge in [0.05, 0.1) is 0 Å². The molecule has 0 saturated heterocycles. The van der Waals surface area contributed by atoms with Crippen molar-refractivity contribution in [3.63, 3.8) is 0 Å². The van der Waals surface area contributed by atoms with Gasteiger partial charge in [0.15, 0.2) is 0 Å². The molecule has 0 heterocycles. The van der Waals surface area contributed by atoms with Gasteiger partial charge in [-0.1, -0.05) is 27.4 Å². The minimum Gasteiger partial charge on any atom is -0.352 e. The van der Waals surface area contributed by atoms with E-state index in [4.69, 9.17) is 0 Å². The van der Waals surface area contributed by atoms with E-state index in [0.717, 1.165) is 26.1 Å². The second-order valence-electron chi connectivity index (χ2n) is 3.32. The molecular weight excluding hydrogens is 176 g/mol. The van der Waals surface area contributed by atoms with E-state index >= 15 is 0 Å². The van der Waals surface area contributed by atoms with Crippen molar-refractivity contribution in [1.82, 2.24) is 10.2 Å². The number of amides is 1. The van der Waals surface area contributed by atoms with Gasteiger partial charge < -0.3 is 5.32 Å². The van der Waals surface area contributed by atoms with Crippen molar-refractivity contribution in [2.45, 2.75) is 27.2 Å². The van der Waals surface area contributed by atoms with Gasteiger partial charge in [-0.15, -0.1) is 0 Å². The number of likely N-dealkylation sites (N-methyl/N-ethyl adjacent to an activating group) is 1. The molecule has 0 aromatic carbocycles. The zero-order valence-electron chi connectivity index (χ0n) is 9.60. The van der Waals surface area contributed by atoms with Gasteiger partial charge in [-0.25, -0.2) is 0 Å². The van der Waals surface area contributed by atoms with Crippen LogP contribution < -0.4 is 5.32 Å². The predicted molar refractivity (Wildman–Crippen MR) is 60.2 cm³/mol. The first-order valence-electron chi connectivity index (χ1n) is 5.33. The molecule has 0 spiro atoms. The number of carbonyl (C=O) groups excluding carboxylic acids is 1. The van der Waals surface area contributed by atoms with Gasteiger partial charge in [0, 0.05) is 18.7 Å². The van der Waals surface area contributed by atoms with Crippen LogP contribution in [0.3, 0.4) is 0 Å². The van der Waals surface area contributed by atoms with Gasteiger partial charge in [0.25, 0.3) is 0 Å². The summed E-state index contributed by atoms with van der Waals surface area (Å²) in [7, 11) is 0. The van der Waals surface area contributed by atoms with Crippen molar-refractivity contribution in [2.75, 3.05) is 26.2 Å². The van der Waals surface area contributed by atoms with Crippen molar-refractivity contribution in [2.24, 2.45) is 0 Å². The third-order valence-electron chi connectivity index (χ3n) is 2.17. The average Bonchev–Trinajstić information content (AvgIpc) is 2.21. The lowest BCUT2D eigenvalue weighted by Crippen LogP contribution is -2.33. The average molecular weight is 198 g/mol. The summed E-state index contributed by atoms with van der Waals surface area (Å²) in [6, 6.07) is 0. The smallest absolute Gasteiger partial charge is 0.247 e. The van der Waals surface area contributed by atoms with E-state index < -0.39 is 0 Å². The second-order valence-corrected chi connectivity index (χ2v) is 3.32. The van der Waals surface area contributed by atoms with Crippen LogP contribution in [0.2, 0.25) is 0 Å². The Kier molecular flexibility index (Phi) is 7.11. The van der Waals surface area contributed by atoms with Crippen molar-refractivity contribution in [3.8, 4) is 0 Å².